The highest BCUT2D eigenvalue weighted by molar-refractivity contribution is 5.79. The Kier molecular flexibility index (Phi) is 6.78. The van der Waals surface area contributed by atoms with Crippen molar-refractivity contribution in [1.29, 1.82) is 0 Å². The predicted octanol–water partition coefficient (Wildman–Crippen LogP) is 0.184. The van der Waals surface area contributed by atoms with Gasteiger partial charge in [-0.3, -0.25) is 0 Å². The van der Waals surface area contributed by atoms with E-state index >= 15 is 0 Å². The average molecular weight is 276 g/mol. The van der Waals surface area contributed by atoms with E-state index in [-0.39, 0.29) is 12.0 Å². The molecule has 1 atom stereocenters. The highest BCUT2D eigenvalue weighted by Gasteiger charge is 2.30. The van der Waals surface area contributed by atoms with Gasteiger partial charge in [-0.15, -0.1) is 0 Å². The number of carboxylic acid groups (broad SMARTS) is 1. The predicted molar refractivity (Wildman–Crippen MR) is 69.9 cm³/mol. The third-order valence-corrected chi connectivity index (χ3v) is 2.76. The summed E-state index contributed by atoms with van der Waals surface area (Å²) in [5.41, 5.74) is -2.09. The Morgan fingerprint density at radius 1 is 1.16 bits per heavy atom. The van der Waals surface area contributed by atoms with Crippen molar-refractivity contribution in [3.63, 3.8) is 0 Å². The van der Waals surface area contributed by atoms with Crippen LogP contribution in [0.4, 0.5) is 4.79 Å². The van der Waals surface area contributed by atoms with E-state index in [9.17, 15) is 14.7 Å². The Balaban J connectivity index is 4.03. The molecule has 7 heteroatoms. The van der Waals surface area contributed by atoms with E-state index in [1.165, 1.54) is 0 Å². The largest absolute Gasteiger partial charge is 0.479 e. The standard InChI is InChI=1S/C12H24N2O5/c1-11(2,5-6-19-4)7-13-10(17)14-8-12(3,18)9(15)16/h18H,5-8H2,1-4H3,(H,15,16)(H2,13,14,17). The van der Waals surface area contributed by atoms with Crippen molar-refractivity contribution in [2.24, 2.45) is 5.41 Å². The Labute approximate surface area is 113 Å². The van der Waals surface area contributed by atoms with Crippen LogP contribution in [0.3, 0.4) is 0 Å². The van der Waals surface area contributed by atoms with Crippen molar-refractivity contribution in [3.8, 4) is 0 Å². The normalized spacial score (nSPS) is 14.6. The molecule has 112 valence electrons. The second kappa shape index (κ2) is 7.30. The van der Waals surface area contributed by atoms with Crippen molar-refractivity contribution >= 4 is 12.0 Å². The van der Waals surface area contributed by atoms with Gasteiger partial charge >= 0.3 is 12.0 Å². The molecule has 0 spiro atoms. The quantitative estimate of drug-likeness (QED) is 0.506. The molecule has 0 aliphatic heterocycles. The molecule has 7 nitrogen and oxygen atoms in total. The fraction of sp³-hybridized carbons (Fsp3) is 0.833. The third-order valence-electron chi connectivity index (χ3n) is 2.76. The number of urea groups is 1. The fourth-order valence-corrected chi connectivity index (χ4v) is 1.18. The van der Waals surface area contributed by atoms with Gasteiger partial charge in [0.2, 0.25) is 0 Å². The number of amides is 2. The number of rotatable bonds is 8. The minimum absolute atomic E-state index is 0.122. The summed E-state index contributed by atoms with van der Waals surface area (Å²) in [5, 5.41) is 23.1. The molecule has 0 bridgehead atoms. The zero-order valence-electron chi connectivity index (χ0n) is 11.9. The molecule has 2 amide bonds. The van der Waals surface area contributed by atoms with E-state index in [0.29, 0.717) is 13.2 Å². The van der Waals surface area contributed by atoms with Crippen LogP contribution < -0.4 is 10.6 Å². The van der Waals surface area contributed by atoms with Crippen molar-refractivity contribution in [1.82, 2.24) is 10.6 Å². The molecule has 0 aliphatic carbocycles. The number of nitrogens with one attached hydrogen (secondary N) is 2. The Morgan fingerprint density at radius 3 is 2.16 bits per heavy atom. The minimum atomic E-state index is -1.97. The van der Waals surface area contributed by atoms with E-state index in [4.69, 9.17) is 9.84 Å². The van der Waals surface area contributed by atoms with Crippen LogP contribution in [0.5, 0.6) is 0 Å². The van der Waals surface area contributed by atoms with Crippen molar-refractivity contribution in [2.75, 3.05) is 26.8 Å². The number of aliphatic hydroxyl groups is 1. The minimum Gasteiger partial charge on any atom is -0.479 e. The van der Waals surface area contributed by atoms with E-state index in [1.807, 2.05) is 13.8 Å². The lowest BCUT2D eigenvalue weighted by molar-refractivity contribution is -0.155. The molecule has 4 N–H and O–H groups in total. The van der Waals surface area contributed by atoms with Crippen LogP contribution in [0, 0.1) is 5.41 Å². The summed E-state index contributed by atoms with van der Waals surface area (Å²) in [6.45, 7) is 5.77. The summed E-state index contributed by atoms with van der Waals surface area (Å²) >= 11 is 0. The van der Waals surface area contributed by atoms with Crippen LogP contribution in [-0.2, 0) is 9.53 Å². The van der Waals surface area contributed by atoms with Crippen LogP contribution in [0.2, 0.25) is 0 Å². The molecule has 0 saturated heterocycles. The zero-order chi connectivity index (χ0) is 15.1. The summed E-state index contributed by atoms with van der Waals surface area (Å²) in [6.07, 6.45) is 0.788. The van der Waals surface area contributed by atoms with Gasteiger partial charge in [-0.05, 0) is 18.8 Å². The molecule has 19 heavy (non-hydrogen) atoms. The Bertz CT molecular complexity index is 315. The van der Waals surface area contributed by atoms with Gasteiger partial charge in [-0.1, -0.05) is 13.8 Å². The number of carboxylic acids is 1. The summed E-state index contributed by atoms with van der Waals surface area (Å²) < 4.78 is 4.98. The van der Waals surface area contributed by atoms with Gasteiger partial charge in [-0.2, -0.15) is 0 Å². The van der Waals surface area contributed by atoms with Gasteiger partial charge in [0.1, 0.15) is 0 Å². The average Bonchev–Trinajstić information content (AvgIpc) is 2.31. The smallest absolute Gasteiger partial charge is 0.337 e. The summed E-state index contributed by atoms with van der Waals surface area (Å²) in [7, 11) is 1.62. The zero-order valence-corrected chi connectivity index (χ0v) is 11.9. The molecule has 0 saturated carbocycles. The molecule has 1 unspecified atom stereocenters. The Hall–Kier alpha value is -1.34. The molecule has 0 radical (unpaired) electrons. The Morgan fingerprint density at radius 2 is 1.68 bits per heavy atom. The lowest BCUT2D eigenvalue weighted by Gasteiger charge is -2.25. The van der Waals surface area contributed by atoms with E-state index < -0.39 is 17.6 Å². The van der Waals surface area contributed by atoms with Gasteiger partial charge < -0.3 is 25.6 Å². The first kappa shape index (κ1) is 17.7. The summed E-state index contributed by atoms with van der Waals surface area (Å²) in [5.74, 6) is -1.38. The molecule has 0 aromatic heterocycles. The molecule has 0 aromatic carbocycles. The van der Waals surface area contributed by atoms with Gasteiger partial charge in [0.25, 0.3) is 0 Å². The van der Waals surface area contributed by atoms with Crippen molar-refractivity contribution in [3.05, 3.63) is 0 Å². The third kappa shape index (κ3) is 7.63. The van der Waals surface area contributed by atoms with Crippen molar-refractivity contribution < 1.29 is 24.5 Å². The van der Waals surface area contributed by atoms with E-state index in [1.54, 1.807) is 7.11 Å². The van der Waals surface area contributed by atoms with E-state index in [0.717, 1.165) is 13.3 Å². The summed E-state index contributed by atoms with van der Waals surface area (Å²) in [4.78, 5) is 22.1. The molecule has 0 rings (SSSR count). The number of methoxy groups -OCH3 is 1. The maximum atomic E-state index is 11.5. The number of hydrogen-bond acceptors (Lipinski definition) is 4. The van der Waals surface area contributed by atoms with Gasteiger partial charge in [0.15, 0.2) is 5.60 Å². The molecular formula is C12H24N2O5. The number of aliphatic carboxylic acids is 1. The first-order valence-electron chi connectivity index (χ1n) is 6.07. The maximum absolute atomic E-state index is 11.5. The topological polar surface area (TPSA) is 108 Å². The van der Waals surface area contributed by atoms with Crippen LogP contribution in [0.25, 0.3) is 0 Å². The SMILES string of the molecule is COCCC(C)(C)CNC(=O)NCC(C)(O)C(=O)O. The van der Waals surface area contributed by atoms with Gasteiger partial charge in [0, 0.05) is 20.3 Å². The summed E-state index contributed by atoms with van der Waals surface area (Å²) in [6, 6.07) is -0.507. The van der Waals surface area contributed by atoms with Crippen LogP contribution in [0.1, 0.15) is 27.2 Å². The fourth-order valence-electron chi connectivity index (χ4n) is 1.18. The molecule has 0 aliphatic rings. The van der Waals surface area contributed by atoms with Crippen LogP contribution >= 0.6 is 0 Å². The molecule has 0 fully saturated rings. The number of hydrogen-bond donors (Lipinski definition) is 4. The van der Waals surface area contributed by atoms with Gasteiger partial charge in [-0.25, -0.2) is 9.59 Å². The van der Waals surface area contributed by atoms with E-state index in [2.05, 4.69) is 10.6 Å². The first-order chi connectivity index (χ1) is 8.60. The highest BCUT2D eigenvalue weighted by atomic mass is 16.5. The highest BCUT2D eigenvalue weighted by Crippen LogP contribution is 2.18. The lowest BCUT2D eigenvalue weighted by Crippen LogP contribution is -2.50. The molecular weight excluding hydrogens is 252 g/mol. The second-order valence-corrected chi connectivity index (χ2v) is 5.52. The maximum Gasteiger partial charge on any atom is 0.337 e. The first-order valence-corrected chi connectivity index (χ1v) is 6.07. The number of ether oxygens (including phenoxy) is 1. The van der Waals surface area contributed by atoms with Gasteiger partial charge in [0.05, 0.1) is 6.54 Å². The number of carbonyl (C=O) groups is 2. The monoisotopic (exact) mass is 276 g/mol. The van der Waals surface area contributed by atoms with Crippen LogP contribution in [0.15, 0.2) is 0 Å². The molecule has 0 aromatic rings. The lowest BCUT2D eigenvalue weighted by atomic mass is 9.90. The molecule has 0 heterocycles. The second-order valence-electron chi connectivity index (χ2n) is 5.52. The van der Waals surface area contributed by atoms with Crippen LogP contribution in [-0.4, -0.2) is 54.6 Å². The van der Waals surface area contributed by atoms with Crippen molar-refractivity contribution in [2.45, 2.75) is 32.8 Å². The number of carbonyl (C=O) groups excluding carboxylic acids is 1.